The van der Waals surface area contributed by atoms with Gasteiger partial charge in [-0.15, -0.1) is 0 Å². The number of amides is 1. The average Bonchev–Trinajstić information content (AvgIpc) is 3.32. The first-order valence-corrected chi connectivity index (χ1v) is 13.1. The molecular weight excluding hydrogens is 465 g/mol. The van der Waals surface area contributed by atoms with E-state index in [1.54, 1.807) is 12.3 Å². The molecule has 2 heterocycles. The van der Waals surface area contributed by atoms with Gasteiger partial charge in [-0.3, -0.25) is 4.79 Å². The second-order valence-electron chi connectivity index (χ2n) is 10.4. The summed E-state index contributed by atoms with van der Waals surface area (Å²) in [7, 11) is 0. The Balaban J connectivity index is 1.23. The van der Waals surface area contributed by atoms with Crippen molar-refractivity contribution >= 4 is 17.4 Å². The summed E-state index contributed by atoms with van der Waals surface area (Å²) in [4.78, 5) is 18.7. The highest BCUT2D eigenvalue weighted by Crippen LogP contribution is 2.41. The van der Waals surface area contributed by atoms with Crippen LogP contribution in [0, 0.1) is 17.7 Å². The van der Waals surface area contributed by atoms with Crippen LogP contribution in [0.2, 0.25) is 0 Å². The smallest absolute Gasteiger partial charge is 0.248 e. The molecule has 36 heavy (non-hydrogen) atoms. The Kier molecular flexibility index (Phi) is 8.42. The molecule has 1 aliphatic carbocycles. The van der Waals surface area contributed by atoms with Crippen molar-refractivity contribution in [3.05, 3.63) is 53.5 Å². The summed E-state index contributed by atoms with van der Waals surface area (Å²) in [6.07, 6.45) is 5.28. The fraction of sp³-hybridized carbons (Fsp3) is 0.571. The van der Waals surface area contributed by atoms with E-state index in [9.17, 15) is 18.0 Å². The summed E-state index contributed by atoms with van der Waals surface area (Å²) in [5.41, 5.74) is 2.75. The Morgan fingerprint density at radius 3 is 2.64 bits per heavy atom. The molecule has 5 nitrogen and oxygen atoms in total. The molecule has 2 aliphatic rings. The number of nitrogens with one attached hydrogen (secondary N) is 2. The SMILES string of the molecule is CCCNc1nccc(N2CC[C@@H](CCc3ccc(C(C)C(=O)NCC4CC(F)(F)C4)cc3)C2)c1F. The van der Waals surface area contributed by atoms with Gasteiger partial charge in [0.15, 0.2) is 11.6 Å². The standard InChI is InChI=1S/C28H37F3N4O/c1-3-12-32-26-25(29)24(10-13-33-26)35-14-11-21(18-35)5-4-20-6-8-23(9-7-20)19(2)27(36)34-17-22-15-28(30,31)16-22/h6-10,13,19,21-22H,3-5,11-12,14-18H2,1-2H3,(H,32,33)(H,34,36)/t19?,21-/m1/s1. The monoisotopic (exact) mass is 502 g/mol. The Bertz CT molecular complexity index is 1020. The largest absolute Gasteiger partial charge is 0.369 e. The summed E-state index contributed by atoms with van der Waals surface area (Å²) in [5.74, 6) is -2.59. The molecule has 1 saturated carbocycles. The lowest BCUT2D eigenvalue weighted by Gasteiger charge is -2.35. The fourth-order valence-corrected chi connectivity index (χ4v) is 5.15. The highest BCUT2D eigenvalue weighted by molar-refractivity contribution is 5.83. The van der Waals surface area contributed by atoms with Crippen molar-refractivity contribution in [2.45, 2.75) is 64.2 Å². The van der Waals surface area contributed by atoms with E-state index >= 15 is 0 Å². The fourth-order valence-electron chi connectivity index (χ4n) is 5.15. The molecule has 2 aromatic rings. The van der Waals surface area contributed by atoms with E-state index in [-0.39, 0.29) is 36.4 Å². The molecule has 1 aromatic heterocycles. The predicted molar refractivity (Wildman–Crippen MR) is 137 cm³/mol. The third kappa shape index (κ3) is 6.51. The highest BCUT2D eigenvalue weighted by atomic mass is 19.3. The van der Waals surface area contributed by atoms with Crippen molar-refractivity contribution in [1.29, 1.82) is 0 Å². The van der Waals surface area contributed by atoms with Gasteiger partial charge in [-0.1, -0.05) is 31.2 Å². The lowest BCUT2D eigenvalue weighted by molar-refractivity contribution is -0.127. The van der Waals surface area contributed by atoms with Gasteiger partial charge < -0.3 is 15.5 Å². The van der Waals surface area contributed by atoms with Gasteiger partial charge in [0, 0.05) is 45.2 Å². The molecule has 196 valence electrons. The number of carbonyl (C=O) groups excluding carboxylic acids is 1. The van der Waals surface area contributed by atoms with Crippen molar-refractivity contribution in [1.82, 2.24) is 10.3 Å². The van der Waals surface area contributed by atoms with Crippen LogP contribution in [-0.4, -0.2) is 43.0 Å². The van der Waals surface area contributed by atoms with Crippen LogP contribution in [0.15, 0.2) is 36.5 Å². The van der Waals surface area contributed by atoms with Crippen LogP contribution in [0.4, 0.5) is 24.7 Å². The molecule has 0 spiro atoms. The number of hydrogen-bond acceptors (Lipinski definition) is 4. The summed E-state index contributed by atoms with van der Waals surface area (Å²) >= 11 is 0. The maximum atomic E-state index is 14.9. The van der Waals surface area contributed by atoms with Crippen molar-refractivity contribution < 1.29 is 18.0 Å². The van der Waals surface area contributed by atoms with Crippen LogP contribution in [-0.2, 0) is 11.2 Å². The average molecular weight is 503 g/mol. The minimum atomic E-state index is -2.56. The lowest BCUT2D eigenvalue weighted by Crippen LogP contribution is -2.43. The van der Waals surface area contributed by atoms with Crippen LogP contribution in [0.25, 0.3) is 0 Å². The zero-order valence-electron chi connectivity index (χ0n) is 21.2. The van der Waals surface area contributed by atoms with E-state index in [0.29, 0.717) is 30.5 Å². The van der Waals surface area contributed by atoms with Crippen molar-refractivity contribution in [2.24, 2.45) is 11.8 Å². The first-order valence-electron chi connectivity index (χ1n) is 13.1. The second-order valence-corrected chi connectivity index (χ2v) is 10.4. The Labute approximate surface area is 211 Å². The van der Waals surface area contributed by atoms with Crippen molar-refractivity contribution in [2.75, 3.05) is 36.4 Å². The van der Waals surface area contributed by atoms with Crippen LogP contribution in [0.5, 0.6) is 0 Å². The molecule has 2 atom stereocenters. The Morgan fingerprint density at radius 1 is 1.19 bits per heavy atom. The summed E-state index contributed by atoms with van der Waals surface area (Å²) < 4.78 is 40.8. The number of halogens is 3. The number of pyridine rings is 1. The highest BCUT2D eigenvalue weighted by Gasteiger charge is 2.45. The molecule has 1 unspecified atom stereocenters. The second kappa shape index (κ2) is 11.5. The lowest BCUT2D eigenvalue weighted by atomic mass is 9.81. The number of nitrogens with zero attached hydrogens (tertiary/aromatic N) is 2. The number of aryl methyl sites for hydroxylation is 1. The van der Waals surface area contributed by atoms with Crippen LogP contribution in [0.1, 0.15) is 63.0 Å². The Morgan fingerprint density at radius 2 is 1.94 bits per heavy atom. The minimum absolute atomic E-state index is 0.125. The van der Waals surface area contributed by atoms with E-state index in [2.05, 4.69) is 32.7 Å². The summed E-state index contributed by atoms with van der Waals surface area (Å²) in [6.45, 7) is 6.55. The molecule has 1 aromatic carbocycles. The predicted octanol–water partition coefficient (Wildman–Crippen LogP) is 5.77. The molecule has 0 bridgehead atoms. The number of benzene rings is 1. The van der Waals surface area contributed by atoms with Crippen LogP contribution in [0.3, 0.4) is 0 Å². The van der Waals surface area contributed by atoms with Crippen LogP contribution >= 0.6 is 0 Å². The van der Waals surface area contributed by atoms with E-state index in [0.717, 1.165) is 44.3 Å². The van der Waals surface area contributed by atoms with Gasteiger partial charge in [0.05, 0.1) is 11.6 Å². The van der Waals surface area contributed by atoms with Gasteiger partial charge in [-0.2, -0.15) is 0 Å². The molecule has 0 radical (unpaired) electrons. The number of rotatable bonds is 11. The number of aromatic nitrogens is 1. The van der Waals surface area contributed by atoms with Gasteiger partial charge in [-0.05, 0) is 61.6 Å². The van der Waals surface area contributed by atoms with E-state index < -0.39 is 5.92 Å². The van der Waals surface area contributed by atoms with Gasteiger partial charge in [-0.25, -0.2) is 18.2 Å². The normalized spacial score (nSPS) is 20.1. The molecule has 1 amide bonds. The number of hydrogen-bond donors (Lipinski definition) is 2. The zero-order chi connectivity index (χ0) is 25.7. The van der Waals surface area contributed by atoms with Crippen LogP contribution < -0.4 is 15.5 Å². The third-order valence-electron chi connectivity index (χ3n) is 7.49. The van der Waals surface area contributed by atoms with Crippen molar-refractivity contribution in [3.63, 3.8) is 0 Å². The number of alkyl halides is 2. The van der Waals surface area contributed by atoms with E-state index in [4.69, 9.17) is 0 Å². The maximum Gasteiger partial charge on any atom is 0.248 e. The molecule has 4 rings (SSSR count). The quantitative estimate of drug-likeness (QED) is 0.410. The molecule has 2 fully saturated rings. The summed E-state index contributed by atoms with van der Waals surface area (Å²) in [6, 6.07) is 9.84. The molecule has 1 aliphatic heterocycles. The number of anilines is 2. The first kappa shape index (κ1) is 26.3. The molecule has 2 N–H and O–H groups in total. The maximum absolute atomic E-state index is 14.9. The zero-order valence-corrected chi connectivity index (χ0v) is 21.2. The van der Waals surface area contributed by atoms with Gasteiger partial charge in [0.25, 0.3) is 0 Å². The van der Waals surface area contributed by atoms with Crippen molar-refractivity contribution in [3.8, 4) is 0 Å². The van der Waals surface area contributed by atoms with E-state index in [1.165, 1.54) is 5.56 Å². The first-order chi connectivity index (χ1) is 17.3. The molecule has 1 saturated heterocycles. The molecular formula is C28H37F3N4O. The van der Waals surface area contributed by atoms with E-state index in [1.807, 2.05) is 26.0 Å². The Hall–Kier alpha value is -2.77. The summed E-state index contributed by atoms with van der Waals surface area (Å²) in [5, 5.41) is 5.88. The van der Waals surface area contributed by atoms with Gasteiger partial charge in [0.1, 0.15) is 0 Å². The minimum Gasteiger partial charge on any atom is -0.369 e. The number of carbonyl (C=O) groups is 1. The molecule has 8 heteroatoms. The van der Waals surface area contributed by atoms with Gasteiger partial charge in [0.2, 0.25) is 11.8 Å². The van der Waals surface area contributed by atoms with Gasteiger partial charge >= 0.3 is 0 Å². The topological polar surface area (TPSA) is 57.3 Å². The third-order valence-corrected chi connectivity index (χ3v) is 7.49.